The second kappa shape index (κ2) is 3.16. The second-order valence-corrected chi connectivity index (χ2v) is 3.90. The van der Waals surface area contributed by atoms with E-state index in [-0.39, 0.29) is 11.4 Å². The highest BCUT2D eigenvalue weighted by atomic mass is 16.1. The Hall–Kier alpha value is -2.18. The van der Waals surface area contributed by atoms with Gasteiger partial charge in [-0.15, -0.1) is 0 Å². The quantitative estimate of drug-likeness (QED) is 0.482. The molecule has 1 aromatic carbocycles. The summed E-state index contributed by atoms with van der Waals surface area (Å²) < 4.78 is 0. The van der Waals surface area contributed by atoms with Crippen LogP contribution in [0.25, 0.3) is 5.57 Å². The predicted molar refractivity (Wildman–Crippen MR) is 60.4 cm³/mol. The maximum Gasteiger partial charge on any atom is 0.201 e. The van der Waals surface area contributed by atoms with Gasteiger partial charge in [0.05, 0.1) is 0 Å². The van der Waals surface area contributed by atoms with Crippen molar-refractivity contribution in [2.45, 2.75) is 6.42 Å². The van der Waals surface area contributed by atoms with Crippen LogP contribution in [0.3, 0.4) is 0 Å². The normalized spacial score (nSPS) is 17.2. The summed E-state index contributed by atoms with van der Waals surface area (Å²) in [5.74, 6) is 1.51. The first kappa shape index (κ1) is 9.08. The first-order valence-corrected chi connectivity index (χ1v) is 5.10. The topological polar surface area (TPSA) is 34.1 Å². The van der Waals surface area contributed by atoms with Gasteiger partial charge in [0.2, 0.25) is 5.78 Å². The van der Waals surface area contributed by atoms with Gasteiger partial charge in [-0.2, -0.15) is 0 Å². The van der Waals surface area contributed by atoms with Crippen molar-refractivity contribution in [2.24, 2.45) is 0 Å². The van der Waals surface area contributed by atoms with Crippen molar-refractivity contribution in [1.82, 2.24) is 0 Å². The third kappa shape index (κ3) is 1.08. The zero-order valence-electron chi connectivity index (χ0n) is 8.49. The Bertz CT molecular complexity index is 611. The molecule has 0 saturated carbocycles. The van der Waals surface area contributed by atoms with E-state index in [1.165, 1.54) is 0 Å². The molecule has 2 nitrogen and oxygen atoms in total. The van der Waals surface area contributed by atoms with Gasteiger partial charge in [0.1, 0.15) is 11.5 Å². The van der Waals surface area contributed by atoms with Gasteiger partial charge in [-0.3, -0.25) is 4.79 Å². The number of ketones is 1. The molecule has 0 aromatic heterocycles. The van der Waals surface area contributed by atoms with E-state index in [0.717, 1.165) is 22.3 Å². The zero-order chi connectivity index (χ0) is 11.1. The molecule has 2 aliphatic carbocycles. The minimum Gasteiger partial charge on any atom is -0.288 e. The number of benzene rings is 1. The third-order valence-electron chi connectivity index (χ3n) is 3.05. The van der Waals surface area contributed by atoms with Crippen LogP contribution in [0.1, 0.15) is 11.1 Å². The van der Waals surface area contributed by atoms with Crippen LogP contribution in [-0.2, 0) is 16.0 Å². The van der Waals surface area contributed by atoms with E-state index in [1.54, 1.807) is 12.0 Å². The maximum atomic E-state index is 11.9. The van der Waals surface area contributed by atoms with Gasteiger partial charge in [-0.25, -0.2) is 4.79 Å². The number of rotatable bonds is 0. The van der Waals surface area contributed by atoms with Gasteiger partial charge < -0.3 is 0 Å². The number of carbonyl (C=O) groups is 1. The summed E-state index contributed by atoms with van der Waals surface area (Å²) >= 11 is 0. The van der Waals surface area contributed by atoms with Gasteiger partial charge in [0.25, 0.3) is 0 Å². The van der Waals surface area contributed by atoms with Gasteiger partial charge in [0.15, 0.2) is 0 Å². The molecule has 0 radical (unpaired) electrons. The Morgan fingerprint density at radius 3 is 2.75 bits per heavy atom. The maximum absolute atomic E-state index is 11.9. The summed E-state index contributed by atoms with van der Waals surface area (Å²) in [6.45, 7) is 0. The first-order valence-electron chi connectivity index (χ1n) is 5.10. The fourth-order valence-electron chi connectivity index (χ4n) is 2.26. The van der Waals surface area contributed by atoms with Crippen molar-refractivity contribution in [3.05, 3.63) is 58.7 Å². The highest BCUT2D eigenvalue weighted by Gasteiger charge is 2.28. The SMILES string of the molecule is O=C=C1C=CC2=C(Cc3ccccc32)C1=O. The van der Waals surface area contributed by atoms with Gasteiger partial charge >= 0.3 is 0 Å². The lowest BCUT2D eigenvalue weighted by Crippen LogP contribution is -2.09. The van der Waals surface area contributed by atoms with E-state index in [4.69, 9.17) is 0 Å². The fraction of sp³-hybridized carbons (Fsp3) is 0.0714. The summed E-state index contributed by atoms with van der Waals surface area (Å²) in [7, 11) is 0. The van der Waals surface area contributed by atoms with E-state index in [9.17, 15) is 9.59 Å². The molecule has 2 aliphatic rings. The molecule has 0 N–H and O–H groups in total. The minimum atomic E-state index is -0.177. The summed E-state index contributed by atoms with van der Waals surface area (Å²) in [5.41, 5.74) is 4.07. The van der Waals surface area contributed by atoms with Gasteiger partial charge in [-0.1, -0.05) is 30.3 Å². The van der Waals surface area contributed by atoms with E-state index in [2.05, 4.69) is 0 Å². The highest BCUT2D eigenvalue weighted by Crippen LogP contribution is 2.37. The molecule has 0 spiro atoms. The van der Waals surface area contributed by atoms with E-state index < -0.39 is 0 Å². The minimum absolute atomic E-state index is 0.131. The number of Topliss-reactive ketones (excluding diaryl/α,β-unsaturated/α-hetero) is 1. The largest absolute Gasteiger partial charge is 0.288 e. The van der Waals surface area contributed by atoms with Crippen molar-refractivity contribution < 1.29 is 9.59 Å². The smallest absolute Gasteiger partial charge is 0.201 e. The Morgan fingerprint density at radius 1 is 1.12 bits per heavy atom. The molecule has 0 heterocycles. The van der Waals surface area contributed by atoms with Crippen LogP contribution in [-0.4, -0.2) is 11.7 Å². The van der Waals surface area contributed by atoms with Crippen molar-refractivity contribution >= 4 is 17.3 Å². The number of carbonyl (C=O) groups excluding carboxylic acids is 2. The molecule has 0 bridgehead atoms. The van der Waals surface area contributed by atoms with Gasteiger partial charge in [-0.05, 0) is 22.8 Å². The van der Waals surface area contributed by atoms with E-state index in [0.29, 0.717) is 6.42 Å². The molecular formula is C14H8O2. The summed E-state index contributed by atoms with van der Waals surface area (Å²) in [5, 5.41) is 0. The zero-order valence-corrected chi connectivity index (χ0v) is 8.49. The summed E-state index contributed by atoms with van der Waals surface area (Å²) in [4.78, 5) is 22.5. The molecule has 16 heavy (non-hydrogen) atoms. The number of fused-ring (bicyclic) bond motifs is 2. The molecule has 2 heteroatoms. The van der Waals surface area contributed by atoms with Crippen LogP contribution in [0.15, 0.2) is 47.6 Å². The Balaban J connectivity index is 2.19. The molecule has 76 valence electrons. The van der Waals surface area contributed by atoms with E-state index >= 15 is 0 Å². The molecule has 0 fully saturated rings. The van der Waals surface area contributed by atoms with Crippen LogP contribution in [0.5, 0.6) is 0 Å². The molecule has 1 aromatic rings. The molecule has 0 aliphatic heterocycles. The van der Waals surface area contributed by atoms with Crippen LogP contribution in [0, 0.1) is 0 Å². The predicted octanol–water partition coefficient (Wildman–Crippen LogP) is 1.89. The molecule has 3 rings (SSSR count). The van der Waals surface area contributed by atoms with Crippen molar-refractivity contribution in [3.8, 4) is 0 Å². The average molecular weight is 208 g/mol. The first-order chi connectivity index (χ1) is 7.81. The fourth-order valence-corrected chi connectivity index (χ4v) is 2.26. The van der Waals surface area contributed by atoms with Crippen LogP contribution >= 0.6 is 0 Å². The number of hydrogen-bond acceptors (Lipinski definition) is 2. The standard InChI is InChI=1S/C14H8O2/c15-8-10-5-6-12-11-4-2-1-3-9(11)7-13(12)14(10)16/h1-6H,7H2. The lowest BCUT2D eigenvalue weighted by molar-refractivity contribution is -0.111. The van der Waals surface area contributed by atoms with Crippen molar-refractivity contribution in [3.63, 3.8) is 0 Å². The van der Waals surface area contributed by atoms with E-state index in [1.807, 2.05) is 30.3 Å². The monoisotopic (exact) mass is 208 g/mol. The van der Waals surface area contributed by atoms with Crippen molar-refractivity contribution in [1.29, 1.82) is 0 Å². The molecular weight excluding hydrogens is 200 g/mol. The lowest BCUT2D eigenvalue weighted by Gasteiger charge is -2.07. The van der Waals surface area contributed by atoms with Gasteiger partial charge in [0, 0.05) is 12.0 Å². The lowest BCUT2D eigenvalue weighted by atomic mass is 9.94. The van der Waals surface area contributed by atoms with Crippen molar-refractivity contribution in [2.75, 3.05) is 0 Å². The molecule has 0 atom stereocenters. The second-order valence-electron chi connectivity index (χ2n) is 3.90. The highest BCUT2D eigenvalue weighted by molar-refractivity contribution is 6.22. The third-order valence-corrected chi connectivity index (χ3v) is 3.05. The Labute approximate surface area is 92.6 Å². The number of hydrogen-bond donors (Lipinski definition) is 0. The Morgan fingerprint density at radius 2 is 1.94 bits per heavy atom. The Kier molecular flexibility index (Phi) is 1.79. The average Bonchev–Trinajstić information content (AvgIpc) is 2.69. The summed E-state index contributed by atoms with van der Waals surface area (Å²) in [6.07, 6.45) is 4.01. The van der Waals surface area contributed by atoms with Crippen LogP contribution in [0.2, 0.25) is 0 Å². The molecule has 0 saturated heterocycles. The summed E-state index contributed by atoms with van der Waals surface area (Å²) in [6, 6.07) is 7.93. The van der Waals surface area contributed by atoms with Crippen LogP contribution in [0.4, 0.5) is 0 Å². The number of allylic oxidation sites excluding steroid dienone is 5. The molecule has 0 amide bonds. The molecule has 0 unspecified atom stereocenters. The van der Waals surface area contributed by atoms with Crippen LogP contribution < -0.4 is 0 Å².